The van der Waals surface area contributed by atoms with E-state index in [2.05, 4.69) is 5.32 Å². The molecule has 0 radical (unpaired) electrons. The van der Waals surface area contributed by atoms with Crippen LogP contribution in [0.5, 0.6) is 0 Å². The molecule has 0 saturated carbocycles. The molecule has 2 aromatic carbocycles. The smallest absolute Gasteiger partial charge is 0.220 e. The van der Waals surface area contributed by atoms with Gasteiger partial charge < -0.3 is 5.32 Å². The van der Waals surface area contributed by atoms with Crippen LogP contribution < -0.4 is 5.32 Å². The van der Waals surface area contributed by atoms with Crippen LogP contribution in [0.2, 0.25) is 10.0 Å². The first-order chi connectivity index (χ1) is 10.5. The third kappa shape index (κ3) is 4.75. The average molecular weight is 336 g/mol. The van der Waals surface area contributed by atoms with Gasteiger partial charge in [-0.1, -0.05) is 59.1 Å². The topological polar surface area (TPSA) is 29.1 Å². The van der Waals surface area contributed by atoms with Crippen molar-refractivity contribution in [2.24, 2.45) is 0 Å². The standard InChI is InChI=1S/C18H19Cl2NO/c1-12-3-5-14(6-4-12)13(2)21-18(22)10-8-15-7-9-16(19)11-17(15)20/h3-7,9,11,13H,8,10H2,1-2H3,(H,21,22). The summed E-state index contributed by atoms with van der Waals surface area (Å²) in [5.41, 5.74) is 3.24. The van der Waals surface area contributed by atoms with E-state index in [1.54, 1.807) is 12.1 Å². The van der Waals surface area contributed by atoms with Crippen LogP contribution in [0.4, 0.5) is 0 Å². The minimum absolute atomic E-state index is 0.00575. The number of rotatable bonds is 5. The van der Waals surface area contributed by atoms with Gasteiger partial charge in [-0.15, -0.1) is 0 Å². The SMILES string of the molecule is Cc1ccc(C(C)NC(=O)CCc2ccc(Cl)cc2Cl)cc1. The largest absolute Gasteiger partial charge is 0.350 e. The van der Waals surface area contributed by atoms with E-state index in [0.717, 1.165) is 11.1 Å². The third-order valence-corrected chi connectivity index (χ3v) is 4.18. The van der Waals surface area contributed by atoms with Crippen molar-refractivity contribution in [2.45, 2.75) is 32.7 Å². The Hall–Kier alpha value is -1.51. The lowest BCUT2D eigenvalue weighted by Gasteiger charge is -2.15. The average Bonchev–Trinajstić information content (AvgIpc) is 2.47. The van der Waals surface area contributed by atoms with Gasteiger partial charge in [-0.2, -0.15) is 0 Å². The Kier molecular flexibility index (Phi) is 5.87. The zero-order valence-corrected chi connectivity index (χ0v) is 14.2. The van der Waals surface area contributed by atoms with E-state index in [9.17, 15) is 4.79 Å². The molecular formula is C18H19Cl2NO. The fourth-order valence-corrected chi connectivity index (χ4v) is 2.73. The minimum atomic E-state index is -0.00575. The lowest BCUT2D eigenvalue weighted by Crippen LogP contribution is -2.26. The van der Waals surface area contributed by atoms with Gasteiger partial charge in [-0.05, 0) is 43.5 Å². The number of carbonyl (C=O) groups excluding carboxylic acids is 1. The minimum Gasteiger partial charge on any atom is -0.350 e. The molecule has 0 bridgehead atoms. The van der Waals surface area contributed by atoms with E-state index in [4.69, 9.17) is 23.2 Å². The van der Waals surface area contributed by atoms with Gasteiger partial charge in [0.05, 0.1) is 6.04 Å². The highest BCUT2D eigenvalue weighted by atomic mass is 35.5. The molecule has 2 aromatic rings. The Balaban J connectivity index is 1.88. The van der Waals surface area contributed by atoms with Crippen molar-refractivity contribution in [2.75, 3.05) is 0 Å². The van der Waals surface area contributed by atoms with E-state index >= 15 is 0 Å². The molecule has 0 fully saturated rings. The Morgan fingerprint density at radius 3 is 2.45 bits per heavy atom. The van der Waals surface area contributed by atoms with Gasteiger partial charge in [-0.25, -0.2) is 0 Å². The Morgan fingerprint density at radius 1 is 1.14 bits per heavy atom. The van der Waals surface area contributed by atoms with Gasteiger partial charge in [-0.3, -0.25) is 4.79 Å². The second kappa shape index (κ2) is 7.66. The van der Waals surface area contributed by atoms with Gasteiger partial charge in [0.25, 0.3) is 0 Å². The number of hydrogen-bond donors (Lipinski definition) is 1. The molecule has 2 rings (SSSR count). The number of nitrogens with one attached hydrogen (secondary N) is 1. The van der Waals surface area contributed by atoms with Gasteiger partial charge in [0.1, 0.15) is 0 Å². The maximum Gasteiger partial charge on any atom is 0.220 e. The molecule has 1 N–H and O–H groups in total. The van der Waals surface area contributed by atoms with Crippen LogP contribution in [0.15, 0.2) is 42.5 Å². The highest BCUT2D eigenvalue weighted by Crippen LogP contribution is 2.22. The second-order valence-electron chi connectivity index (χ2n) is 5.44. The van der Waals surface area contributed by atoms with Gasteiger partial charge in [0, 0.05) is 16.5 Å². The second-order valence-corrected chi connectivity index (χ2v) is 6.28. The quantitative estimate of drug-likeness (QED) is 0.807. The highest BCUT2D eigenvalue weighted by Gasteiger charge is 2.10. The van der Waals surface area contributed by atoms with Crippen molar-refractivity contribution >= 4 is 29.1 Å². The van der Waals surface area contributed by atoms with Gasteiger partial charge in [0.15, 0.2) is 0 Å². The van der Waals surface area contributed by atoms with Gasteiger partial charge >= 0.3 is 0 Å². The van der Waals surface area contributed by atoms with Crippen LogP contribution in [0.25, 0.3) is 0 Å². The van der Waals surface area contributed by atoms with Crippen LogP contribution in [-0.2, 0) is 11.2 Å². The summed E-state index contributed by atoms with van der Waals surface area (Å²) in [5.74, 6) is 0.0130. The maximum absolute atomic E-state index is 12.1. The van der Waals surface area contributed by atoms with E-state index in [0.29, 0.717) is 22.9 Å². The fraction of sp³-hybridized carbons (Fsp3) is 0.278. The molecule has 0 spiro atoms. The molecule has 0 aliphatic rings. The predicted molar refractivity (Wildman–Crippen MR) is 92.5 cm³/mol. The summed E-state index contributed by atoms with van der Waals surface area (Å²) >= 11 is 12.0. The van der Waals surface area contributed by atoms with E-state index < -0.39 is 0 Å². The number of aryl methyl sites for hydroxylation is 2. The monoisotopic (exact) mass is 335 g/mol. The van der Waals surface area contributed by atoms with Crippen LogP contribution in [-0.4, -0.2) is 5.91 Å². The molecular weight excluding hydrogens is 317 g/mol. The van der Waals surface area contributed by atoms with Crippen molar-refractivity contribution in [3.05, 3.63) is 69.2 Å². The third-order valence-electron chi connectivity index (χ3n) is 3.59. The van der Waals surface area contributed by atoms with Crippen molar-refractivity contribution < 1.29 is 4.79 Å². The number of carbonyl (C=O) groups is 1. The summed E-state index contributed by atoms with van der Waals surface area (Å²) in [6.45, 7) is 4.03. The Bertz CT molecular complexity index is 653. The van der Waals surface area contributed by atoms with Crippen LogP contribution in [0, 0.1) is 6.92 Å². The van der Waals surface area contributed by atoms with Crippen LogP contribution >= 0.6 is 23.2 Å². The van der Waals surface area contributed by atoms with E-state index in [-0.39, 0.29) is 11.9 Å². The molecule has 1 amide bonds. The first kappa shape index (κ1) is 16.9. The molecule has 2 nitrogen and oxygen atoms in total. The molecule has 0 aliphatic heterocycles. The number of hydrogen-bond acceptors (Lipinski definition) is 1. The molecule has 1 atom stereocenters. The summed E-state index contributed by atoms with van der Waals surface area (Å²) in [4.78, 5) is 12.1. The number of halogens is 2. The molecule has 1 unspecified atom stereocenters. The van der Waals surface area contributed by atoms with Crippen molar-refractivity contribution in [1.82, 2.24) is 5.32 Å². The molecule has 116 valence electrons. The number of amides is 1. The Labute approximate surface area is 141 Å². The molecule has 22 heavy (non-hydrogen) atoms. The summed E-state index contributed by atoms with van der Waals surface area (Å²) in [7, 11) is 0. The molecule has 4 heteroatoms. The van der Waals surface area contributed by atoms with Gasteiger partial charge in [0.2, 0.25) is 5.91 Å². The molecule has 0 saturated heterocycles. The summed E-state index contributed by atoms with van der Waals surface area (Å²) in [6.07, 6.45) is 1.00. The first-order valence-electron chi connectivity index (χ1n) is 7.25. The zero-order chi connectivity index (χ0) is 16.1. The van der Waals surface area contributed by atoms with Crippen LogP contribution in [0.1, 0.15) is 36.1 Å². The Morgan fingerprint density at radius 2 is 1.82 bits per heavy atom. The number of benzene rings is 2. The van der Waals surface area contributed by atoms with Crippen molar-refractivity contribution in [3.63, 3.8) is 0 Å². The summed E-state index contributed by atoms with van der Waals surface area (Å²) in [5, 5.41) is 4.22. The molecule has 0 aliphatic carbocycles. The first-order valence-corrected chi connectivity index (χ1v) is 8.01. The van der Waals surface area contributed by atoms with Crippen LogP contribution in [0.3, 0.4) is 0 Å². The fourth-order valence-electron chi connectivity index (χ4n) is 2.22. The normalized spacial score (nSPS) is 12.0. The summed E-state index contributed by atoms with van der Waals surface area (Å²) < 4.78 is 0. The van der Waals surface area contributed by atoms with Crippen molar-refractivity contribution in [1.29, 1.82) is 0 Å². The summed E-state index contributed by atoms with van der Waals surface area (Å²) in [6, 6.07) is 13.5. The zero-order valence-electron chi connectivity index (χ0n) is 12.7. The van der Waals surface area contributed by atoms with E-state index in [1.165, 1.54) is 5.56 Å². The highest BCUT2D eigenvalue weighted by molar-refractivity contribution is 6.35. The maximum atomic E-state index is 12.1. The predicted octanol–water partition coefficient (Wildman–Crippen LogP) is 5.11. The lowest BCUT2D eigenvalue weighted by atomic mass is 10.1. The van der Waals surface area contributed by atoms with Crippen molar-refractivity contribution in [3.8, 4) is 0 Å². The molecule has 0 aromatic heterocycles. The molecule has 0 heterocycles. The lowest BCUT2D eigenvalue weighted by molar-refractivity contribution is -0.121. The van der Waals surface area contributed by atoms with E-state index in [1.807, 2.05) is 44.2 Å².